The first-order chi connectivity index (χ1) is 18.9. The summed E-state index contributed by atoms with van der Waals surface area (Å²) in [6, 6.07) is 18.6. The van der Waals surface area contributed by atoms with Crippen molar-refractivity contribution >= 4 is 45.7 Å². The van der Waals surface area contributed by atoms with Gasteiger partial charge >= 0.3 is 5.91 Å². The van der Waals surface area contributed by atoms with E-state index in [0.29, 0.717) is 32.7 Å². The van der Waals surface area contributed by atoms with Crippen molar-refractivity contribution in [3.63, 3.8) is 0 Å². The van der Waals surface area contributed by atoms with Crippen molar-refractivity contribution in [2.45, 2.75) is 16.1 Å². The Kier molecular flexibility index (Phi) is 7.62. The summed E-state index contributed by atoms with van der Waals surface area (Å²) in [5.74, 6) is -0.682. The van der Waals surface area contributed by atoms with Crippen molar-refractivity contribution in [2.24, 2.45) is 0 Å². The van der Waals surface area contributed by atoms with Crippen LogP contribution in [-0.4, -0.2) is 41.2 Å². The Morgan fingerprint density at radius 1 is 1.00 bits per heavy atom. The van der Waals surface area contributed by atoms with Crippen molar-refractivity contribution < 1.29 is 28.6 Å². The van der Waals surface area contributed by atoms with Crippen LogP contribution in [0.1, 0.15) is 22.7 Å². The number of aliphatic hydroxyl groups excluding tert-OH is 1. The first kappa shape index (κ1) is 26.4. The molecule has 5 rings (SSSR count). The fraction of sp³-hybridized carbons (Fsp3) is 0.143. The summed E-state index contributed by atoms with van der Waals surface area (Å²) in [6.45, 7) is 0. The van der Waals surface area contributed by atoms with Crippen molar-refractivity contribution in [3.05, 3.63) is 101 Å². The zero-order valence-electron chi connectivity index (χ0n) is 20.8. The minimum Gasteiger partial charge on any atom is -0.507 e. The van der Waals surface area contributed by atoms with Gasteiger partial charge in [0.15, 0.2) is 4.34 Å². The van der Waals surface area contributed by atoms with Crippen molar-refractivity contribution in [1.29, 1.82) is 0 Å². The fourth-order valence-electron chi connectivity index (χ4n) is 4.15. The number of aliphatic hydroxyl groups is 1. The average Bonchev–Trinajstić information content (AvgIpc) is 3.54. The fourth-order valence-corrected chi connectivity index (χ4v) is 5.97. The number of Topliss-reactive ketones (excluding diaryl/α,β-unsaturated/α-hetero) is 1. The smallest absolute Gasteiger partial charge is 0.301 e. The highest BCUT2D eigenvalue weighted by atomic mass is 32.2. The van der Waals surface area contributed by atoms with Gasteiger partial charge in [-0.05, 0) is 59.7 Å². The Labute approximate surface area is 231 Å². The number of anilines is 1. The molecule has 0 aliphatic carbocycles. The lowest BCUT2D eigenvalue weighted by Crippen LogP contribution is -2.29. The monoisotopic (exact) mass is 563 g/mol. The summed E-state index contributed by atoms with van der Waals surface area (Å²) >= 11 is 2.53. The van der Waals surface area contributed by atoms with Crippen LogP contribution in [0, 0.1) is 5.82 Å². The number of halogens is 1. The SMILES string of the molecule is COc1ccc(/C(O)=C2/C(=O)C(=O)N(c3nnc(SCc4ccc(F)cc4)s3)C2c2cccc(OC)c2)cc1. The maximum absolute atomic E-state index is 13.4. The van der Waals surface area contributed by atoms with Crippen LogP contribution < -0.4 is 14.4 Å². The maximum atomic E-state index is 13.4. The van der Waals surface area contributed by atoms with E-state index in [2.05, 4.69) is 10.2 Å². The average molecular weight is 564 g/mol. The molecule has 0 saturated carbocycles. The van der Waals surface area contributed by atoms with Crippen LogP contribution in [0.25, 0.3) is 5.76 Å². The van der Waals surface area contributed by atoms with Crippen LogP contribution in [0.5, 0.6) is 11.5 Å². The quantitative estimate of drug-likeness (QED) is 0.0970. The van der Waals surface area contributed by atoms with Crippen LogP contribution in [0.15, 0.2) is 82.7 Å². The van der Waals surface area contributed by atoms with E-state index in [4.69, 9.17) is 9.47 Å². The summed E-state index contributed by atoms with van der Waals surface area (Å²) in [4.78, 5) is 28.0. The molecule has 0 spiro atoms. The van der Waals surface area contributed by atoms with Gasteiger partial charge in [0.05, 0.1) is 25.8 Å². The highest BCUT2D eigenvalue weighted by molar-refractivity contribution is 8.00. The molecule has 1 N–H and O–H groups in total. The molecule has 0 radical (unpaired) electrons. The number of rotatable bonds is 8. The topological polar surface area (TPSA) is 102 Å². The van der Waals surface area contributed by atoms with Gasteiger partial charge in [0.25, 0.3) is 5.78 Å². The highest BCUT2D eigenvalue weighted by Gasteiger charge is 2.48. The zero-order chi connectivity index (χ0) is 27.5. The molecule has 1 amide bonds. The molecule has 1 aromatic heterocycles. The first-order valence-corrected chi connectivity index (χ1v) is 13.5. The van der Waals surface area contributed by atoms with E-state index in [0.717, 1.165) is 16.9 Å². The largest absolute Gasteiger partial charge is 0.507 e. The van der Waals surface area contributed by atoms with Gasteiger partial charge in [-0.2, -0.15) is 0 Å². The number of ketones is 1. The van der Waals surface area contributed by atoms with Gasteiger partial charge < -0.3 is 14.6 Å². The molecule has 8 nitrogen and oxygen atoms in total. The number of benzene rings is 3. The molecule has 11 heteroatoms. The highest BCUT2D eigenvalue weighted by Crippen LogP contribution is 2.44. The van der Waals surface area contributed by atoms with E-state index >= 15 is 0 Å². The molecule has 1 unspecified atom stereocenters. The molecular formula is C28H22FN3O5S2. The number of thioether (sulfide) groups is 1. The van der Waals surface area contributed by atoms with Crippen molar-refractivity contribution in [1.82, 2.24) is 10.2 Å². The standard InChI is InChI=1S/C28H22FN3O5S2/c1-36-20-12-8-17(9-13-20)24(33)22-23(18-4-3-5-21(14-18)37-2)32(26(35)25(22)34)27-30-31-28(39-27)38-15-16-6-10-19(29)11-7-16/h3-14,23,33H,15H2,1-2H3/b24-22-. The molecule has 1 atom stereocenters. The van der Waals surface area contributed by atoms with Gasteiger partial charge in [0.1, 0.15) is 23.1 Å². The lowest BCUT2D eigenvalue weighted by molar-refractivity contribution is -0.132. The molecule has 39 heavy (non-hydrogen) atoms. The van der Waals surface area contributed by atoms with Crippen molar-refractivity contribution in [2.75, 3.05) is 19.1 Å². The van der Waals surface area contributed by atoms with E-state index < -0.39 is 17.7 Å². The third-order valence-corrected chi connectivity index (χ3v) is 8.22. The predicted octanol–water partition coefficient (Wildman–Crippen LogP) is 5.61. The molecule has 1 aliphatic heterocycles. The number of hydrogen-bond acceptors (Lipinski definition) is 9. The molecular weight excluding hydrogens is 541 g/mol. The molecule has 1 saturated heterocycles. The van der Waals surface area contributed by atoms with Crippen LogP contribution in [0.2, 0.25) is 0 Å². The summed E-state index contributed by atoms with van der Waals surface area (Å²) in [5, 5.41) is 19.9. The van der Waals surface area contributed by atoms with Crippen molar-refractivity contribution in [3.8, 4) is 11.5 Å². The Hall–Kier alpha value is -4.22. The third kappa shape index (κ3) is 5.36. The van der Waals surface area contributed by atoms with Gasteiger partial charge in [0, 0.05) is 11.3 Å². The number of carbonyl (C=O) groups excluding carboxylic acids is 2. The minimum atomic E-state index is -0.967. The van der Waals surface area contributed by atoms with Gasteiger partial charge in [-0.15, -0.1) is 10.2 Å². The molecule has 1 fully saturated rings. The number of ether oxygens (including phenoxy) is 2. The molecule has 3 aromatic carbocycles. The summed E-state index contributed by atoms with van der Waals surface area (Å²) in [7, 11) is 3.04. The number of hydrogen-bond donors (Lipinski definition) is 1. The van der Waals surface area contributed by atoms with Gasteiger partial charge in [-0.3, -0.25) is 14.5 Å². The van der Waals surface area contributed by atoms with E-state index in [1.807, 2.05) is 0 Å². The Morgan fingerprint density at radius 3 is 2.41 bits per heavy atom. The lowest BCUT2D eigenvalue weighted by atomic mass is 9.95. The number of nitrogens with zero attached hydrogens (tertiary/aromatic N) is 3. The molecule has 198 valence electrons. The van der Waals surface area contributed by atoms with Gasteiger partial charge in [-0.1, -0.05) is 47.4 Å². The maximum Gasteiger partial charge on any atom is 0.301 e. The molecule has 4 aromatic rings. The van der Waals surface area contributed by atoms with E-state index in [1.54, 1.807) is 60.7 Å². The second-order valence-electron chi connectivity index (χ2n) is 8.44. The third-order valence-electron chi connectivity index (χ3n) is 6.09. The van der Waals surface area contributed by atoms with Crippen LogP contribution in [-0.2, 0) is 15.3 Å². The summed E-state index contributed by atoms with van der Waals surface area (Å²) in [5.41, 5.74) is 1.73. The number of amides is 1. The second kappa shape index (κ2) is 11.3. The Morgan fingerprint density at radius 2 is 1.72 bits per heavy atom. The Bertz CT molecular complexity index is 1550. The van der Waals surface area contributed by atoms with E-state index in [1.165, 1.54) is 43.0 Å². The zero-order valence-corrected chi connectivity index (χ0v) is 22.5. The predicted molar refractivity (Wildman–Crippen MR) is 147 cm³/mol. The molecule has 1 aliphatic rings. The Balaban J connectivity index is 1.54. The number of carbonyl (C=O) groups is 2. The van der Waals surface area contributed by atoms with Gasteiger partial charge in [0.2, 0.25) is 5.13 Å². The molecule has 2 heterocycles. The van der Waals surface area contributed by atoms with Crippen LogP contribution in [0.3, 0.4) is 0 Å². The normalized spacial score (nSPS) is 16.5. The second-order valence-corrected chi connectivity index (χ2v) is 10.6. The van der Waals surface area contributed by atoms with E-state index in [-0.39, 0.29) is 22.3 Å². The number of methoxy groups -OCH3 is 2. The van der Waals surface area contributed by atoms with Gasteiger partial charge in [-0.25, -0.2) is 4.39 Å². The van der Waals surface area contributed by atoms with E-state index in [9.17, 15) is 19.1 Å². The summed E-state index contributed by atoms with van der Waals surface area (Å²) < 4.78 is 24.3. The number of aromatic nitrogens is 2. The summed E-state index contributed by atoms with van der Waals surface area (Å²) in [6.07, 6.45) is 0. The molecule has 0 bridgehead atoms. The van der Waals surface area contributed by atoms with Crippen LogP contribution in [0.4, 0.5) is 9.52 Å². The van der Waals surface area contributed by atoms with Crippen LogP contribution >= 0.6 is 23.1 Å². The minimum absolute atomic E-state index is 0.0749. The lowest BCUT2D eigenvalue weighted by Gasteiger charge is -2.23. The first-order valence-electron chi connectivity index (χ1n) is 11.7.